The highest BCUT2D eigenvalue weighted by Crippen LogP contribution is 2.24. The van der Waals surface area contributed by atoms with Gasteiger partial charge < -0.3 is 14.5 Å². The lowest BCUT2D eigenvalue weighted by atomic mass is 9.97. The van der Waals surface area contributed by atoms with Crippen molar-refractivity contribution in [2.75, 3.05) is 18.1 Å². The van der Waals surface area contributed by atoms with Crippen molar-refractivity contribution in [2.24, 2.45) is 0 Å². The molecule has 0 bridgehead atoms. The Morgan fingerprint density at radius 2 is 1.77 bits per heavy atom. The maximum Gasteiger partial charge on any atom is 0.329 e. The molecule has 2 aliphatic heterocycles. The molecule has 2 fully saturated rings. The molecule has 1 aromatic heterocycles. The largest absolute Gasteiger partial charge is 0.454 e. The van der Waals surface area contributed by atoms with E-state index in [9.17, 15) is 9.59 Å². The maximum atomic E-state index is 12.6. The van der Waals surface area contributed by atoms with Crippen LogP contribution in [0.1, 0.15) is 52.4 Å². The number of carbonyl (C=O) groups is 2. The van der Waals surface area contributed by atoms with Gasteiger partial charge in [0.2, 0.25) is 5.95 Å². The molecule has 7 heteroatoms. The van der Waals surface area contributed by atoms with Crippen molar-refractivity contribution in [3.8, 4) is 0 Å². The van der Waals surface area contributed by atoms with Crippen LogP contribution in [0.25, 0.3) is 0 Å². The molecule has 0 spiro atoms. The van der Waals surface area contributed by atoms with E-state index in [0.717, 1.165) is 38.6 Å². The smallest absolute Gasteiger partial charge is 0.329 e. The molecule has 0 aromatic carbocycles. The number of anilines is 1. The zero-order valence-corrected chi connectivity index (χ0v) is 15.6. The zero-order chi connectivity index (χ0) is 18.5. The first kappa shape index (κ1) is 18.6. The van der Waals surface area contributed by atoms with E-state index in [1.807, 2.05) is 9.80 Å². The summed E-state index contributed by atoms with van der Waals surface area (Å²) in [6.07, 6.45) is 9.13. The Balaban J connectivity index is 1.60. The Morgan fingerprint density at radius 3 is 2.46 bits per heavy atom. The molecule has 0 N–H and O–H groups in total. The average molecular weight is 360 g/mol. The van der Waals surface area contributed by atoms with Gasteiger partial charge in [-0.1, -0.05) is 0 Å². The molecule has 3 rings (SSSR count). The second-order valence-corrected chi connectivity index (χ2v) is 7.29. The highest BCUT2D eigenvalue weighted by Gasteiger charge is 2.34. The molecule has 0 radical (unpaired) electrons. The SMILES string of the molecule is CC1CCCC(C)N1C(=O)COC(=O)C1CCCCN1c1ncccn1. The van der Waals surface area contributed by atoms with Crippen molar-refractivity contribution in [2.45, 2.75) is 70.5 Å². The first-order chi connectivity index (χ1) is 12.6. The van der Waals surface area contributed by atoms with Gasteiger partial charge in [-0.05, 0) is 58.4 Å². The van der Waals surface area contributed by atoms with Crippen LogP contribution in [0.4, 0.5) is 5.95 Å². The molecule has 26 heavy (non-hydrogen) atoms. The van der Waals surface area contributed by atoms with Crippen LogP contribution >= 0.6 is 0 Å². The number of carbonyl (C=O) groups excluding carboxylic acids is 2. The number of aromatic nitrogens is 2. The maximum absolute atomic E-state index is 12.6. The van der Waals surface area contributed by atoms with Crippen LogP contribution in [0.2, 0.25) is 0 Å². The standard InChI is InChI=1S/C19H28N4O3/c1-14-7-5-8-15(2)23(14)17(24)13-26-18(25)16-9-3-4-12-22(16)19-20-10-6-11-21-19/h6,10-11,14-16H,3-5,7-9,12-13H2,1-2H3. The summed E-state index contributed by atoms with van der Waals surface area (Å²) in [5.41, 5.74) is 0. The van der Waals surface area contributed by atoms with Gasteiger partial charge in [0.05, 0.1) is 0 Å². The number of esters is 1. The van der Waals surface area contributed by atoms with Gasteiger partial charge in [0.1, 0.15) is 6.04 Å². The van der Waals surface area contributed by atoms with E-state index >= 15 is 0 Å². The van der Waals surface area contributed by atoms with E-state index in [2.05, 4.69) is 23.8 Å². The van der Waals surface area contributed by atoms with E-state index in [1.165, 1.54) is 0 Å². The van der Waals surface area contributed by atoms with Crippen LogP contribution in [-0.2, 0) is 14.3 Å². The highest BCUT2D eigenvalue weighted by atomic mass is 16.5. The Hall–Kier alpha value is -2.18. The van der Waals surface area contributed by atoms with Crippen LogP contribution in [0, 0.1) is 0 Å². The molecule has 142 valence electrons. The van der Waals surface area contributed by atoms with Crippen LogP contribution in [-0.4, -0.2) is 58.0 Å². The van der Waals surface area contributed by atoms with E-state index in [4.69, 9.17) is 4.74 Å². The number of piperidine rings is 2. The summed E-state index contributed by atoms with van der Waals surface area (Å²) in [5.74, 6) is 0.0814. The van der Waals surface area contributed by atoms with Gasteiger partial charge in [-0.15, -0.1) is 0 Å². The first-order valence-electron chi connectivity index (χ1n) is 9.59. The van der Waals surface area contributed by atoms with Gasteiger partial charge in [0.25, 0.3) is 5.91 Å². The molecular weight excluding hydrogens is 332 g/mol. The summed E-state index contributed by atoms with van der Waals surface area (Å²) in [7, 11) is 0. The molecule has 2 aliphatic rings. The summed E-state index contributed by atoms with van der Waals surface area (Å²) in [4.78, 5) is 37.5. The Labute approximate surface area is 154 Å². The van der Waals surface area contributed by atoms with Crippen LogP contribution < -0.4 is 4.90 Å². The lowest BCUT2D eigenvalue weighted by molar-refractivity contribution is -0.156. The molecular formula is C19H28N4O3. The van der Waals surface area contributed by atoms with Crippen molar-refractivity contribution < 1.29 is 14.3 Å². The Kier molecular flexibility index (Phi) is 6.06. The number of ether oxygens (including phenoxy) is 1. The van der Waals surface area contributed by atoms with Gasteiger partial charge in [-0.2, -0.15) is 0 Å². The van der Waals surface area contributed by atoms with E-state index in [-0.39, 0.29) is 30.6 Å². The second-order valence-electron chi connectivity index (χ2n) is 7.29. The number of hydrogen-bond acceptors (Lipinski definition) is 6. The Morgan fingerprint density at radius 1 is 1.08 bits per heavy atom. The number of rotatable bonds is 4. The van der Waals surface area contributed by atoms with Crippen LogP contribution in [0.5, 0.6) is 0 Å². The van der Waals surface area contributed by atoms with Gasteiger partial charge >= 0.3 is 5.97 Å². The summed E-state index contributed by atoms with van der Waals surface area (Å²) in [5, 5.41) is 0. The fourth-order valence-corrected chi connectivity index (χ4v) is 4.07. The fourth-order valence-electron chi connectivity index (χ4n) is 4.07. The predicted octanol–water partition coefficient (Wildman–Crippen LogP) is 2.17. The summed E-state index contributed by atoms with van der Waals surface area (Å²) >= 11 is 0. The van der Waals surface area contributed by atoms with Gasteiger partial charge in [-0.25, -0.2) is 14.8 Å². The minimum absolute atomic E-state index is 0.101. The normalized spacial score (nSPS) is 26.5. The van der Waals surface area contributed by atoms with Crippen molar-refractivity contribution >= 4 is 17.8 Å². The van der Waals surface area contributed by atoms with Gasteiger partial charge in [0.15, 0.2) is 6.61 Å². The van der Waals surface area contributed by atoms with E-state index in [0.29, 0.717) is 12.4 Å². The topological polar surface area (TPSA) is 75.6 Å². The van der Waals surface area contributed by atoms with E-state index in [1.54, 1.807) is 18.5 Å². The quantitative estimate of drug-likeness (QED) is 0.766. The van der Waals surface area contributed by atoms with Gasteiger partial charge in [0, 0.05) is 31.0 Å². The molecule has 3 atom stereocenters. The monoisotopic (exact) mass is 360 g/mol. The van der Waals surface area contributed by atoms with E-state index < -0.39 is 6.04 Å². The van der Waals surface area contributed by atoms with Crippen molar-refractivity contribution in [3.05, 3.63) is 18.5 Å². The average Bonchev–Trinajstić information content (AvgIpc) is 2.66. The molecule has 7 nitrogen and oxygen atoms in total. The van der Waals surface area contributed by atoms with Gasteiger partial charge in [-0.3, -0.25) is 4.79 Å². The minimum Gasteiger partial charge on any atom is -0.454 e. The first-order valence-corrected chi connectivity index (χ1v) is 9.59. The summed E-state index contributed by atoms with van der Waals surface area (Å²) in [6.45, 7) is 4.65. The number of amides is 1. The third-order valence-corrected chi connectivity index (χ3v) is 5.40. The van der Waals surface area contributed by atoms with Crippen molar-refractivity contribution in [3.63, 3.8) is 0 Å². The lowest BCUT2D eigenvalue weighted by Gasteiger charge is -2.39. The molecule has 1 amide bonds. The summed E-state index contributed by atoms with van der Waals surface area (Å²) < 4.78 is 5.42. The number of likely N-dealkylation sites (tertiary alicyclic amines) is 1. The zero-order valence-electron chi connectivity index (χ0n) is 15.6. The number of nitrogens with zero attached hydrogens (tertiary/aromatic N) is 4. The second kappa shape index (κ2) is 8.47. The molecule has 1 aromatic rings. The lowest BCUT2D eigenvalue weighted by Crippen LogP contribution is -2.50. The molecule has 0 saturated carbocycles. The summed E-state index contributed by atoms with van der Waals surface area (Å²) in [6, 6.07) is 1.73. The fraction of sp³-hybridized carbons (Fsp3) is 0.684. The molecule has 0 aliphatic carbocycles. The highest BCUT2D eigenvalue weighted by molar-refractivity contribution is 5.84. The molecule has 2 saturated heterocycles. The third kappa shape index (κ3) is 4.14. The minimum atomic E-state index is -0.421. The van der Waals surface area contributed by atoms with Crippen LogP contribution in [0.15, 0.2) is 18.5 Å². The van der Waals surface area contributed by atoms with Crippen molar-refractivity contribution in [1.82, 2.24) is 14.9 Å². The number of hydrogen-bond donors (Lipinski definition) is 0. The molecule has 3 unspecified atom stereocenters. The predicted molar refractivity (Wildman–Crippen MR) is 97.6 cm³/mol. The molecule has 3 heterocycles. The van der Waals surface area contributed by atoms with Crippen LogP contribution in [0.3, 0.4) is 0 Å². The van der Waals surface area contributed by atoms with Crippen molar-refractivity contribution in [1.29, 1.82) is 0 Å². The third-order valence-electron chi connectivity index (χ3n) is 5.40. The Bertz CT molecular complexity index is 614.